The Morgan fingerprint density at radius 3 is 2.27 bits per heavy atom. The van der Waals surface area contributed by atoms with Crippen LogP contribution in [0.2, 0.25) is 0 Å². The monoisotopic (exact) mass is 366 g/mol. The van der Waals surface area contributed by atoms with Crippen LogP contribution >= 0.6 is 0 Å². The van der Waals surface area contributed by atoms with Crippen molar-refractivity contribution in [2.45, 2.75) is 19.1 Å². The van der Waals surface area contributed by atoms with E-state index in [0.29, 0.717) is 5.75 Å². The zero-order chi connectivity index (χ0) is 19.3. The number of amides is 2. The molecule has 0 radical (unpaired) electrons. The van der Waals surface area contributed by atoms with Crippen LogP contribution in [-0.4, -0.2) is 18.9 Å². The minimum absolute atomic E-state index is 0.114. The third-order valence-corrected chi connectivity index (χ3v) is 3.62. The summed E-state index contributed by atoms with van der Waals surface area (Å²) in [6, 6.07) is 10.5. The van der Waals surface area contributed by atoms with Gasteiger partial charge in [-0.1, -0.05) is 18.2 Å². The van der Waals surface area contributed by atoms with Gasteiger partial charge in [-0.15, -0.1) is 0 Å². The van der Waals surface area contributed by atoms with E-state index in [2.05, 4.69) is 10.6 Å². The summed E-state index contributed by atoms with van der Waals surface area (Å²) in [6.45, 7) is 1.68. The van der Waals surface area contributed by atoms with E-state index in [0.717, 1.165) is 23.8 Å². The summed E-state index contributed by atoms with van der Waals surface area (Å²) in [6.07, 6.45) is -4.54. The molecule has 0 spiro atoms. The standard InChI is InChI=1S/C18H17F3N2O3/c1-11(12-6-8-15(26-2)9-7-12)22-16(24)17(25)23-14-5-3-4-13(10-14)18(19,20)21/h3-11H,1-2H3,(H,22,24)(H,23,25). The Morgan fingerprint density at radius 1 is 1.04 bits per heavy atom. The SMILES string of the molecule is COc1ccc(C(C)NC(=O)C(=O)Nc2cccc(C(F)(F)F)c2)cc1. The average molecular weight is 366 g/mol. The van der Waals surface area contributed by atoms with E-state index in [1.807, 2.05) is 0 Å². The topological polar surface area (TPSA) is 67.4 Å². The Balaban J connectivity index is 2.00. The van der Waals surface area contributed by atoms with Gasteiger partial charge in [0, 0.05) is 5.69 Å². The molecule has 0 fully saturated rings. The van der Waals surface area contributed by atoms with Crippen LogP contribution in [0.5, 0.6) is 5.75 Å². The minimum atomic E-state index is -4.54. The number of benzene rings is 2. The molecule has 8 heteroatoms. The maximum atomic E-state index is 12.7. The van der Waals surface area contributed by atoms with E-state index < -0.39 is 29.6 Å². The van der Waals surface area contributed by atoms with Gasteiger partial charge in [0.15, 0.2) is 0 Å². The van der Waals surface area contributed by atoms with Gasteiger partial charge >= 0.3 is 18.0 Å². The van der Waals surface area contributed by atoms with Crippen LogP contribution < -0.4 is 15.4 Å². The number of halogens is 3. The van der Waals surface area contributed by atoms with Gasteiger partial charge in [0.25, 0.3) is 0 Å². The normalized spacial score (nSPS) is 12.2. The number of ether oxygens (including phenoxy) is 1. The minimum Gasteiger partial charge on any atom is -0.497 e. The van der Waals surface area contributed by atoms with Gasteiger partial charge in [-0.25, -0.2) is 0 Å². The Kier molecular flexibility index (Phi) is 5.86. The van der Waals surface area contributed by atoms with Gasteiger partial charge < -0.3 is 15.4 Å². The predicted molar refractivity (Wildman–Crippen MR) is 89.6 cm³/mol. The largest absolute Gasteiger partial charge is 0.497 e. The van der Waals surface area contributed by atoms with E-state index in [4.69, 9.17) is 4.74 Å². The second kappa shape index (κ2) is 7.90. The first-order valence-electron chi connectivity index (χ1n) is 7.64. The molecule has 0 aliphatic carbocycles. The number of hydrogen-bond donors (Lipinski definition) is 2. The number of rotatable bonds is 4. The van der Waals surface area contributed by atoms with E-state index in [1.165, 1.54) is 13.2 Å². The van der Waals surface area contributed by atoms with Crippen LogP contribution in [0.15, 0.2) is 48.5 Å². The predicted octanol–water partition coefficient (Wildman–Crippen LogP) is 3.53. The summed E-state index contributed by atoms with van der Waals surface area (Å²) in [7, 11) is 1.53. The maximum absolute atomic E-state index is 12.7. The highest BCUT2D eigenvalue weighted by Crippen LogP contribution is 2.30. The van der Waals surface area contributed by atoms with E-state index in [-0.39, 0.29) is 5.69 Å². The molecule has 0 heterocycles. The van der Waals surface area contributed by atoms with Crippen LogP contribution in [-0.2, 0) is 15.8 Å². The number of carbonyl (C=O) groups is 2. The second-order valence-electron chi connectivity index (χ2n) is 5.50. The molecular formula is C18H17F3N2O3. The molecule has 138 valence electrons. The van der Waals surface area contributed by atoms with Crippen molar-refractivity contribution in [3.8, 4) is 5.75 Å². The number of carbonyl (C=O) groups excluding carboxylic acids is 2. The number of nitrogens with one attached hydrogen (secondary N) is 2. The van der Waals surface area contributed by atoms with Crippen molar-refractivity contribution in [3.63, 3.8) is 0 Å². The van der Waals surface area contributed by atoms with Gasteiger partial charge in [-0.2, -0.15) is 13.2 Å². The molecule has 2 aromatic rings. The fourth-order valence-corrected chi connectivity index (χ4v) is 2.20. The Labute approximate surface area is 148 Å². The van der Waals surface area contributed by atoms with Crippen molar-refractivity contribution in [1.29, 1.82) is 0 Å². The van der Waals surface area contributed by atoms with Gasteiger partial charge in [0.1, 0.15) is 5.75 Å². The molecule has 2 rings (SSSR count). The lowest BCUT2D eigenvalue weighted by atomic mass is 10.1. The molecule has 1 atom stereocenters. The quantitative estimate of drug-likeness (QED) is 0.814. The molecule has 0 aliphatic heterocycles. The summed E-state index contributed by atoms with van der Waals surface area (Å²) < 4.78 is 43.1. The molecular weight excluding hydrogens is 349 g/mol. The van der Waals surface area contributed by atoms with Crippen molar-refractivity contribution in [3.05, 3.63) is 59.7 Å². The van der Waals surface area contributed by atoms with Crippen molar-refractivity contribution < 1.29 is 27.5 Å². The molecule has 0 aliphatic rings. The Bertz CT molecular complexity index is 789. The highest BCUT2D eigenvalue weighted by molar-refractivity contribution is 6.39. The van der Waals surface area contributed by atoms with Crippen molar-refractivity contribution in [2.24, 2.45) is 0 Å². The van der Waals surface area contributed by atoms with Gasteiger partial charge in [-0.05, 0) is 42.8 Å². The van der Waals surface area contributed by atoms with Crippen molar-refractivity contribution >= 4 is 17.5 Å². The first-order valence-corrected chi connectivity index (χ1v) is 7.64. The van der Waals surface area contributed by atoms with E-state index in [9.17, 15) is 22.8 Å². The lowest BCUT2D eigenvalue weighted by Gasteiger charge is -2.15. The average Bonchev–Trinajstić information content (AvgIpc) is 2.61. The summed E-state index contributed by atoms with van der Waals surface area (Å²) in [5.74, 6) is -1.36. The van der Waals surface area contributed by atoms with Crippen LogP contribution in [0.3, 0.4) is 0 Å². The second-order valence-corrected chi connectivity index (χ2v) is 5.50. The molecule has 26 heavy (non-hydrogen) atoms. The lowest BCUT2D eigenvalue weighted by Crippen LogP contribution is -2.36. The first-order chi connectivity index (χ1) is 12.2. The zero-order valence-electron chi connectivity index (χ0n) is 14.1. The molecule has 0 saturated carbocycles. The van der Waals surface area contributed by atoms with Gasteiger partial charge in [0.05, 0.1) is 18.7 Å². The first kappa shape index (κ1) is 19.3. The molecule has 0 aromatic heterocycles. The summed E-state index contributed by atoms with van der Waals surface area (Å²) in [5, 5.41) is 4.64. The third kappa shape index (κ3) is 4.98. The van der Waals surface area contributed by atoms with Gasteiger partial charge in [-0.3, -0.25) is 9.59 Å². The molecule has 0 bridgehead atoms. The smallest absolute Gasteiger partial charge is 0.416 e. The molecule has 0 saturated heterocycles. The van der Waals surface area contributed by atoms with Crippen LogP contribution in [0.25, 0.3) is 0 Å². The van der Waals surface area contributed by atoms with Gasteiger partial charge in [0.2, 0.25) is 0 Å². The molecule has 2 N–H and O–H groups in total. The van der Waals surface area contributed by atoms with E-state index in [1.54, 1.807) is 31.2 Å². The van der Waals surface area contributed by atoms with Crippen LogP contribution in [0.1, 0.15) is 24.1 Å². The molecule has 2 amide bonds. The summed E-state index contributed by atoms with van der Waals surface area (Å²) in [4.78, 5) is 23.9. The van der Waals surface area contributed by atoms with Crippen LogP contribution in [0.4, 0.5) is 18.9 Å². The number of alkyl halides is 3. The summed E-state index contributed by atoms with van der Waals surface area (Å²) >= 11 is 0. The molecule has 2 aromatic carbocycles. The highest BCUT2D eigenvalue weighted by atomic mass is 19.4. The Morgan fingerprint density at radius 2 is 1.69 bits per heavy atom. The Hall–Kier alpha value is -3.03. The fraction of sp³-hybridized carbons (Fsp3) is 0.222. The summed E-state index contributed by atoms with van der Waals surface area (Å²) in [5.41, 5.74) is -0.287. The number of hydrogen-bond acceptors (Lipinski definition) is 3. The molecule has 1 unspecified atom stereocenters. The number of methoxy groups -OCH3 is 1. The lowest BCUT2D eigenvalue weighted by molar-refractivity contribution is -0.137. The fourth-order valence-electron chi connectivity index (χ4n) is 2.20. The zero-order valence-corrected chi connectivity index (χ0v) is 14.1. The number of anilines is 1. The van der Waals surface area contributed by atoms with Crippen molar-refractivity contribution in [1.82, 2.24) is 5.32 Å². The van der Waals surface area contributed by atoms with E-state index >= 15 is 0 Å². The third-order valence-electron chi connectivity index (χ3n) is 3.62. The maximum Gasteiger partial charge on any atom is 0.416 e. The highest BCUT2D eigenvalue weighted by Gasteiger charge is 2.30. The van der Waals surface area contributed by atoms with Crippen molar-refractivity contribution in [2.75, 3.05) is 12.4 Å². The molecule has 5 nitrogen and oxygen atoms in total. The van der Waals surface area contributed by atoms with Crippen LogP contribution in [0, 0.1) is 0 Å².